The Kier molecular flexibility index (Phi) is 2.64. The summed E-state index contributed by atoms with van der Waals surface area (Å²) in [6, 6.07) is 0. The van der Waals surface area contributed by atoms with E-state index in [0.29, 0.717) is 12.8 Å². The van der Waals surface area contributed by atoms with Crippen molar-refractivity contribution in [1.29, 1.82) is 0 Å². The van der Waals surface area contributed by atoms with E-state index < -0.39 is 11.9 Å². The molecule has 0 aromatic heterocycles. The van der Waals surface area contributed by atoms with Crippen LogP contribution in [-0.4, -0.2) is 22.2 Å². The number of hydrogen-bond acceptors (Lipinski definition) is 2. The van der Waals surface area contributed by atoms with Crippen LogP contribution in [0.15, 0.2) is 35.5 Å². The van der Waals surface area contributed by atoms with Crippen LogP contribution in [-0.2, 0) is 9.59 Å². The molecule has 16 heavy (non-hydrogen) atoms. The quantitative estimate of drug-likeness (QED) is 0.693. The monoisotopic (exact) mass is 220 g/mol. The summed E-state index contributed by atoms with van der Waals surface area (Å²) < 4.78 is 0. The first-order valence-corrected chi connectivity index (χ1v) is 5.15. The lowest BCUT2D eigenvalue weighted by atomic mass is 9.77. The summed E-state index contributed by atoms with van der Waals surface area (Å²) in [5.74, 6) is -2.85. The summed E-state index contributed by atoms with van der Waals surface area (Å²) in [6.45, 7) is 0. The summed E-state index contributed by atoms with van der Waals surface area (Å²) in [5.41, 5.74) is 0.0914. The highest BCUT2D eigenvalue weighted by Gasteiger charge is 2.33. The molecule has 4 heteroatoms. The molecule has 0 spiro atoms. The van der Waals surface area contributed by atoms with Gasteiger partial charge in [0.2, 0.25) is 0 Å². The molecule has 3 rings (SSSR count). The number of carbonyl (C=O) groups is 2. The van der Waals surface area contributed by atoms with Crippen LogP contribution < -0.4 is 0 Å². The van der Waals surface area contributed by atoms with Crippen LogP contribution in [0.5, 0.6) is 0 Å². The number of carboxylic acids is 2. The minimum absolute atomic E-state index is 0.0457. The summed E-state index contributed by atoms with van der Waals surface area (Å²) in [6.07, 6.45) is 8.57. The largest absolute Gasteiger partial charge is 0.478 e. The smallest absolute Gasteiger partial charge is 0.332 e. The van der Waals surface area contributed by atoms with Crippen LogP contribution in [0.25, 0.3) is 0 Å². The Morgan fingerprint density at radius 1 is 0.938 bits per heavy atom. The van der Waals surface area contributed by atoms with Crippen LogP contribution >= 0.6 is 0 Å². The molecule has 0 radical (unpaired) electrons. The second kappa shape index (κ2) is 3.96. The highest BCUT2D eigenvalue weighted by Crippen LogP contribution is 2.35. The van der Waals surface area contributed by atoms with Gasteiger partial charge in [0.1, 0.15) is 0 Å². The molecule has 0 aromatic rings. The Morgan fingerprint density at radius 3 is 1.62 bits per heavy atom. The summed E-state index contributed by atoms with van der Waals surface area (Å²) >= 11 is 0. The summed E-state index contributed by atoms with van der Waals surface area (Å²) in [4.78, 5) is 22.3. The molecule has 0 aromatic carbocycles. The molecule has 0 saturated heterocycles. The molecule has 2 N–H and O–H groups in total. The molecule has 0 heterocycles. The SMILES string of the molecule is O=C(O)C1=C(C(=O)O)C2C=CC1C/C=C\C2. The standard InChI is InChI=1S/C12H12O4/c13-11(14)9-7-3-1-2-4-8(6-5-7)10(9)12(15)16/h1-2,5-8H,3-4H2,(H,13,14)(H,15,16)/b2-1-. The van der Waals surface area contributed by atoms with E-state index in [2.05, 4.69) is 0 Å². The van der Waals surface area contributed by atoms with Gasteiger partial charge in [-0.3, -0.25) is 0 Å². The van der Waals surface area contributed by atoms with Crippen molar-refractivity contribution in [1.82, 2.24) is 0 Å². The van der Waals surface area contributed by atoms with E-state index in [9.17, 15) is 9.59 Å². The first-order chi connectivity index (χ1) is 7.61. The van der Waals surface area contributed by atoms with Crippen molar-refractivity contribution in [3.63, 3.8) is 0 Å². The van der Waals surface area contributed by atoms with Gasteiger partial charge in [-0.25, -0.2) is 9.59 Å². The maximum Gasteiger partial charge on any atom is 0.332 e. The van der Waals surface area contributed by atoms with Gasteiger partial charge in [-0.05, 0) is 12.8 Å². The number of carboxylic acid groups (broad SMARTS) is 2. The third-order valence-electron chi connectivity index (χ3n) is 3.01. The van der Waals surface area contributed by atoms with Crippen molar-refractivity contribution >= 4 is 11.9 Å². The molecule has 84 valence electrons. The second-order valence-electron chi connectivity index (χ2n) is 3.98. The third kappa shape index (κ3) is 1.66. The van der Waals surface area contributed by atoms with Crippen LogP contribution in [0.3, 0.4) is 0 Å². The predicted octanol–water partition coefficient (Wildman–Crippen LogP) is 1.60. The van der Waals surface area contributed by atoms with E-state index in [-0.39, 0.29) is 23.0 Å². The van der Waals surface area contributed by atoms with Crippen LogP contribution in [0, 0.1) is 11.8 Å². The third-order valence-corrected chi connectivity index (χ3v) is 3.01. The van der Waals surface area contributed by atoms with E-state index in [4.69, 9.17) is 10.2 Å². The van der Waals surface area contributed by atoms with Crippen molar-refractivity contribution in [3.8, 4) is 0 Å². The Morgan fingerprint density at radius 2 is 1.31 bits per heavy atom. The lowest BCUT2D eigenvalue weighted by molar-refractivity contribution is -0.136. The van der Waals surface area contributed by atoms with Gasteiger partial charge < -0.3 is 10.2 Å². The van der Waals surface area contributed by atoms with Gasteiger partial charge in [-0.15, -0.1) is 0 Å². The van der Waals surface area contributed by atoms with Gasteiger partial charge in [-0.2, -0.15) is 0 Å². The molecular formula is C12H12O4. The van der Waals surface area contributed by atoms with Crippen molar-refractivity contribution in [2.24, 2.45) is 11.8 Å². The zero-order valence-electron chi connectivity index (χ0n) is 8.59. The zero-order chi connectivity index (χ0) is 11.7. The van der Waals surface area contributed by atoms with E-state index in [1.165, 1.54) is 0 Å². The van der Waals surface area contributed by atoms with Crippen LogP contribution in [0.4, 0.5) is 0 Å². The second-order valence-corrected chi connectivity index (χ2v) is 3.98. The van der Waals surface area contributed by atoms with E-state index in [1.54, 1.807) is 0 Å². The first kappa shape index (κ1) is 10.7. The predicted molar refractivity (Wildman–Crippen MR) is 56.8 cm³/mol. The Labute approximate surface area is 92.6 Å². The number of allylic oxidation sites excluding steroid dienone is 4. The topological polar surface area (TPSA) is 74.6 Å². The Balaban J connectivity index is 2.54. The van der Waals surface area contributed by atoms with Gasteiger partial charge in [-0.1, -0.05) is 24.3 Å². The zero-order valence-corrected chi connectivity index (χ0v) is 8.59. The molecule has 3 aliphatic rings. The van der Waals surface area contributed by atoms with Crippen molar-refractivity contribution in [2.45, 2.75) is 12.8 Å². The van der Waals surface area contributed by atoms with Crippen LogP contribution in [0.1, 0.15) is 12.8 Å². The van der Waals surface area contributed by atoms with E-state index >= 15 is 0 Å². The fourth-order valence-corrected chi connectivity index (χ4v) is 2.29. The average molecular weight is 220 g/mol. The lowest BCUT2D eigenvalue weighted by Gasteiger charge is -2.26. The molecule has 3 aliphatic carbocycles. The lowest BCUT2D eigenvalue weighted by Crippen LogP contribution is -2.26. The van der Waals surface area contributed by atoms with Crippen molar-refractivity contribution in [2.75, 3.05) is 0 Å². The van der Waals surface area contributed by atoms with Gasteiger partial charge in [0, 0.05) is 11.8 Å². The Bertz CT molecular complexity index is 390. The average Bonchev–Trinajstić information content (AvgIpc) is 2.16. The van der Waals surface area contributed by atoms with Crippen LogP contribution in [0.2, 0.25) is 0 Å². The van der Waals surface area contributed by atoms with Gasteiger partial charge in [0.25, 0.3) is 0 Å². The van der Waals surface area contributed by atoms with E-state index in [1.807, 2.05) is 24.3 Å². The minimum atomic E-state index is -1.12. The normalized spacial score (nSPS) is 29.8. The minimum Gasteiger partial charge on any atom is -0.478 e. The molecule has 2 bridgehead atoms. The first-order valence-electron chi connectivity index (χ1n) is 5.15. The molecule has 2 unspecified atom stereocenters. The molecule has 2 atom stereocenters. The fraction of sp³-hybridized carbons (Fsp3) is 0.333. The maximum absolute atomic E-state index is 11.1. The van der Waals surface area contributed by atoms with Gasteiger partial charge in [0.05, 0.1) is 11.1 Å². The Hall–Kier alpha value is -1.84. The highest BCUT2D eigenvalue weighted by molar-refractivity contribution is 6.00. The van der Waals surface area contributed by atoms with Gasteiger partial charge in [0.15, 0.2) is 0 Å². The van der Waals surface area contributed by atoms with Gasteiger partial charge >= 0.3 is 11.9 Å². The highest BCUT2D eigenvalue weighted by atomic mass is 16.4. The molecule has 0 aliphatic heterocycles. The number of rotatable bonds is 2. The number of fused-ring (bicyclic) bond motifs is 2. The number of hydrogen-bond donors (Lipinski definition) is 2. The molecule has 4 nitrogen and oxygen atoms in total. The summed E-state index contributed by atoms with van der Waals surface area (Å²) in [7, 11) is 0. The summed E-state index contributed by atoms with van der Waals surface area (Å²) in [5, 5.41) is 18.2. The number of aliphatic carboxylic acids is 2. The van der Waals surface area contributed by atoms with Crippen molar-refractivity contribution in [3.05, 3.63) is 35.5 Å². The molecule has 0 fully saturated rings. The molecule has 0 saturated carbocycles. The van der Waals surface area contributed by atoms with Crippen molar-refractivity contribution < 1.29 is 19.8 Å². The fourth-order valence-electron chi connectivity index (χ4n) is 2.29. The maximum atomic E-state index is 11.1. The molecular weight excluding hydrogens is 208 g/mol. The van der Waals surface area contributed by atoms with E-state index in [0.717, 1.165) is 0 Å². The molecule has 0 amide bonds.